The molecule has 1 fully saturated rings. The van der Waals surface area contributed by atoms with Gasteiger partial charge in [0.2, 0.25) is 11.8 Å². The third-order valence-electron chi connectivity index (χ3n) is 4.14. The molecule has 18 heavy (non-hydrogen) atoms. The number of likely N-dealkylation sites (tertiary alicyclic amines) is 1. The van der Waals surface area contributed by atoms with Gasteiger partial charge in [-0.3, -0.25) is 14.5 Å². The van der Waals surface area contributed by atoms with E-state index in [1.165, 1.54) is 4.90 Å². The van der Waals surface area contributed by atoms with Crippen molar-refractivity contribution in [3.63, 3.8) is 0 Å². The second-order valence-electron chi connectivity index (χ2n) is 5.67. The number of hydrogen-bond acceptors (Lipinski definition) is 3. The van der Waals surface area contributed by atoms with Gasteiger partial charge in [0.15, 0.2) is 0 Å². The Morgan fingerprint density at radius 1 is 1.17 bits per heavy atom. The molecule has 2 rings (SSSR count). The molecule has 0 aliphatic carbocycles. The van der Waals surface area contributed by atoms with Crippen LogP contribution in [0.15, 0.2) is 15.2 Å². The average Bonchev–Trinajstić information content (AvgIpc) is 2.72. The fourth-order valence-corrected chi connectivity index (χ4v) is 3.26. The maximum atomic E-state index is 12.4. The summed E-state index contributed by atoms with van der Waals surface area (Å²) in [6.07, 6.45) is 0. The van der Waals surface area contributed by atoms with Crippen LogP contribution in [0.5, 0.6) is 0 Å². The maximum Gasteiger partial charge on any atom is 0.236 e. The highest BCUT2D eigenvalue weighted by Crippen LogP contribution is 2.47. The van der Waals surface area contributed by atoms with Crippen molar-refractivity contribution in [2.24, 2.45) is 10.8 Å². The summed E-state index contributed by atoms with van der Waals surface area (Å²) >= 11 is 5.00. The van der Waals surface area contributed by atoms with Gasteiger partial charge in [-0.25, -0.2) is 0 Å². The number of carbonyl (C=O) groups is 2. The third-order valence-corrected chi connectivity index (χ3v) is 5.96. The van der Waals surface area contributed by atoms with Crippen LogP contribution in [0.3, 0.4) is 0 Å². The molecule has 2 amide bonds. The van der Waals surface area contributed by atoms with Gasteiger partial charge in [-0.05, 0) is 60.6 Å². The van der Waals surface area contributed by atoms with E-state index in [1.54, 1.807) is 11.3 Å². The molecule has 1 aliphatic heterocycles. The van der Waals surface area contributed by atoms with Crippen molar-refractivity contribution in [2.75, 3.05) is 0 Å². The molecule has 98 valence electrons. The molecule has 0 spiro atoms. The van der Waals surface area contributed by atoms with Gasteiger partial charge in [-0.1, -0.05) is 0 Å². The van der Waals surface area contributed by atoms with Crippen LogP contribution in [0.2, 0.25) is 0 Å². The second kappa shape index (κ2) is 4.17. The van der Waals surface area contributed by atoms with E-state index in [0.717, 1.165) is 9.35 Å². The van der Waals surface area contributed by atoms with Crippen LogP contribution in [0.25, 0.3) is 0 Å². The van der Waals surface area contributed by atoms with Crippen molar-refractivity contribution < 1.29 is 9.59 Å². The van der Waals surface area contributed by atoms with Gasteiger partial charge in [0.05, 0.1) is 21.2 Å². The van der Waals surface area contributed by atoms with Crippen LogP contribution in [0.4, 0.5) is 0 Å². The summed E-state index contributed by atoms with van der Waals surface area (Å²) in [6.45, 7) is 7.73. The van der Waals surface area contributed by atoms with E-state index >= 15 is 0 Å². The smallest absolute Gasteiger partial charge is 0.236 e. The summed E-state index contributed by atoms with van der Waals surface area (Å²) < 4.78 is 0.977. The summed E-state index contributed by atoms with van der Waals surface area (Å²) in [5.41, 5.74) is -0.311. The highest BCUT2D eigenvalue weighted by Gasteiger charge is 2.59. The predicted molar refractivity (Wildman–Crippen MR) is 75.1 cm³/mol. The lowest BCUT2D eigenvalue weighted by Crippen LogP contribution is -2.35. The van der Waals surface area contributed by atoms with E-state index in [4.69, 9.17) is 0 Å². The molecule has 0 N–H and O–H groups in total. The first-order valence-corrected chi connectivity index (χ1v) is 7.45. The molecule has 0 unspecified atom stereocenters. The molecule has 0 bridgehead atoms. The van der Waals surface area contributed by atoms with Gasteiger partial charge in [0.25, 0.3) is 0 Å². The Labute approximate surface area is 119 Å². The SMILES string of the molecule is CC1(C)C(=O)N(Cc2ccsc2Br)C(=O)C1(C)C. The molecule has 3 nitrogen and oxygen atoms in total. The highest BCUT2D eigenvalue weighted by molar-refractivity contribution is 9.11. The average molecular weight is 330 g/mol. The molecular formula is C13H16BrNO2S. The molecule has 5 heteroatoms. The Morgan fingerprint density at radius 3 is 2.06 bits per heavy atom. The van der Waals surface area contributed by atoms with E-state index in [1.807, 2.05) is 39.1 Å². The van der Waals surface area contributed by atoms with Gasteiger partial charge >= 0.3 is 0 Å². The Kier molecular flexibility index (Phi) is 3.18. The van der Waals surface area contributed by atoms with E-state index < -0.39 is 10.8 Å². The Morgan fingerprint density at radius 2 is 1.67 bits per heavy atom. The number of thiophene rings is 1. The number of imide groups is 1. The molecule has 1 saturated heterocycles. The molecule has 0 atom stereocenters. The van der Waals surface area contributed by atoms with Crippen LogP contribution < -0.4 is 0 Å². The molecule has 0 radical (unpaired) electrons. The number of nitrogens with zero attached hydrogens (tertiary/aromatic N) is 1. The van der Waals surface area contributed by atoms with Crippen LogP contribution in [0, 0.1) is 10.8 Å². The van der Waals surface area contributed by atoms with Crippen molar-refractivity contribution in [2.45, 2.75) is 34.2 Å². The summed E-state index contributed by atoms with van der Waals surface area (Å²) in [4.78, 5) is 26.1. The first kappa shape index (κ1) is 13.7. The minimum Gasteiger partial charge on any atom is -0.277 e. The van der Waals surface area contributed by atoms with E-state index in [0.29, 0.717) is 6.54 Å². The van der Waals surface area contributed by atoms with Crippen molar-refractivity contribution in [3.05, 3.63) is 20.8 Å². The standard InChI is InChI=1S/C13H16BrNO2S/c1-12(2)10(16)15(11(17)13(12,3)4)7-8-5-6-18-9(8)14/h5-6H,7H2,1-4H3. The van der Waals surface area contributed by atoms with Gasteiger partial charge in [-0.15, -0.1) is 11.3 Å². The van der Waals surface area contributed by atoms with Crippen LogP contribution in [-0.2, 0) is 16.1 Å². The Hall–Kier alpha value is -0.680. The molecule has 1 aromatic heterocycles. The Balaban J connectivity index is 2.34. The quantitative estimate of drug-likeness (QED) is 0.779. The first-order chi connectivity index (χ1) is 8.19. The zero-order valence-electron chi connectivity index (χ0n) is 10.9. The van der Waals surface area contributed by atoms with Gasteiger partial charge in [0, 0.05) is 0 Å². The first-order valence-electron chi connectivity index (χ1n) is 5.78. The fraction of sp³-hybridized carbons (Fsp3) is 0.538. The minimum absolute atomic E-state index is 0.0874. The topological polar surface area (TPSA) is 37.4 Å². The fourth-order valence-electron chi connectivity index (χ4n) is 2.05. The summed E-state index contributed by atoms with van der Waals surface area (Å²) in [5, 5.41) is 1.95. The van der Waals surface area contributed by atoms with Gasteiger partial charge in [-0.2, -0.15) is 0 Å². The largest absolute Gasteiger partial charge is 0.277 e. The van der Waals surface area contributed by atoms with Crippen LogP contribution >= 0.6 is 27.3 Å². The van der Waals surface area contributed by atoms with E-state index in [2.05, 4.69) is 15.9 Å². The molecule has 0 aromatic carbocycles. The number of hydrogen-bond donors (Lipinski definition) is 0. The normalized spacial score (nSPS) is 21.7. The van der Waals surface area contributed by atoms with Crippen molar-refractivity contribution in [1.29, 1.82) is 0 Å². The highest BCUT2D eigenvalue weighted by atomic mass is 79.9. The lowest BCUT2D eigenvalue weighted by Gasteiger charge is -2.28. The Bertz CT molecular complexity index is 493. The predicted octanol–water partition coefficient (Wildman–Crippen LogP) is 3.43. The third kappa shape index (κ3) is 1.75. The zero-order valence-corrected chi connectivity index (χ0v) is 13.3. The van der Waals surface area contributed by atoms with Crippen LogP contribution in [-0.4, -0.2) is 16.7 Å². The minimum atomic E-state index is -0.646. The molecule has 1 aliphatic rings. The van der Waals surface area contributed by atoms with E-state index in [9.17, 15) is 9.59 Å². The molecular weight excluding hydrogens is 314 g/mol. The van der Waals surface area contributed by atoms with Crippen LogP contribution in [0.1, 0.15) is 33.3 Å². The van der Waals surface area contributed by atoms with Crippen molar-refractivity contribution in [3.8, 4) is 0 Å². The number of carbonyl (C=O) groups excluding carboxylic acids is 2. The lowest BCUT2D eigenvalue weighted by molar-refractivity contribution is -0.142. The zero-order chi connectivity index (χ0) is 13.7. The maximum absolute atomic E-state index is 12.4. The van der Waals surface area contributed by atoms with Gasteiger partial charge < -0.3 is 0 Å². The van der Waals surface area contributed by atoms with E-state index in [-0.39, 0.29) is 11.8 Å². The van der Waals surface area contributed by atoms with Crippen molar-refractivity contribution >= 4 is 39.1 Å². The summed E-state index contributed by atoms with van der Waals surface area (Å²) in [7, 11) is 0. The number of amides is 2. The summed E-state index contributed by atoms with van der Waals surface area (Å²) in [5.74, 6) is -0.175. The monoisotopic (exact) mass is 329 g/mol. The summed E-state index contributed by atoms with van der Waals surface area (Å²) in [6, 6.07) is 1.94. The number of halogens is 1. The molecule has 0 saturated carbocycles. The lowest BCUT2D eigenvalue weighted by atomic mass is 9.70. The second-order valence-corrected chi connectivity index (χ2v) is 7.90. The van der Waals surface area contributed by atoms with Crippen molar-refractivity contribution in [1.82, 2.24) is 4.90 Å². The van der Waals surface area contributed by atoms with Gasteiger partial charge in [0.1, 0.15) is 0 Å². The number of rotatable bonds is 2. The molecule has 2 heterocycles. The molecule has 1 aromatic rings.